The maximum atomic E-state index is 13.4. The highest BCUT2D eigenvalue weighted by Crippen LogP contribution is 2.18. The van der Waals surface area contributed by atoms with E-state index in [1.54, 1.807) is 0 Å². The summed E-state index contributed by atoms with van der Waals surface area (Å²) in [4.78, 5) is 28.6. The van der Waals surface area contributed by atoms with Crippen LogP contribution in [0.1, 0.15) is 156 Å². The van der Waals surface area contributed by atoms with Gasteiger partial charge in [0.05, 0.1) is 0 Å². The van der Waals surface area contributed by atoms with Crippen LogP contribution in [0.4, 0.5) is 0 Å². The normalized spacial score (nSPS) is 12.2. The second-order valence-corrected chi connectivity index (χ2v) is 10.7. The van der Waals surface area contributed by atoms with Gasteiger partial charge in [0.25, 0.3) is 0 Å². The van der Waals surface area contributed by atoms with E-state index in [1.807, 2.05) is 0 Å². The molecule has 0 aromatic carbocycles. The lowest BCUT2D eigenvalue weighted by molar-refractivity contribution is -0.136. The number of nitrogens with one attached hydrogen (secondary N) is 1. The number of amides is 2. The largest absolute Gasteiger partial charge is 0.356 e. The summed E-state index contributed by atoms with van der Waals surface area (Å²) < 4.78 is 0. The summed E-state index contributed by atoms with van der Waals surface area (Å²) in [6.45, 7) is 11.2. The Kier molecular flexibility index (Phi) is 25.8. The molecule has 212 valence electrons. The van der Waals surface area contributed by atoms with E-state index in [-0.39, 0.29) is 17.7 Å². The molecule has 4 heteroatoms. The Morgan fingerprint density at radius 1 is 0.694 bits per heavy atom. The average Bonchev–Trinajstić information content (AvgIpc) is 2.88. The molecular weight excluding hydrogens is 444 g/mol. The van der Waals surface area contributed by atoms with Crippen molar-refractivity contribution in [3.05, 3.63) is 12.2 Å². The second kappa shape index (κ2) is 26.7. The Morgan fingerprint density at radius 2 is 1.22 bits per heavy atom. The molecule has 0 radical (unpaired) electrons. The van der Waals surface area contributed by atoms with Crippen molar-refractivity contribution in [2.75, 3.05) is 19.6 Å². The molecule has 0 aromatic rings. The lowest BCUT2D eigenvalue weighted by Gasteiger charge is -2.25. The number of hydrogen-bond acceptors (Lipinski definition) is 2. The van der Waals surface area contributed by atoms with Crippen molar-refractivity contribution >= 4 is 11.8 Å². The molecule has 2 amide bonds. The fraction of sp³-hybridized carbons (Fsp3) is 0.875. The van der Waals surface area contributed by atoms with Crippen LogP contribution in [0.15, 0.2) is 12.2 Å². The molecule has 4 nitrogen and oxygen atoms in total. The quantitative estimate of drug-likeness (QED) is 0.0939. The third-order valence-corrected chi connectivity index (χ3v) is 7.20. The van der Waals surface area contributed by atoms with E-state index in [4.69, 9.17) is 0 Å². The SMILES string of the molecule is C/C=C/CCCCC(CC(=O)N(CCCCCCC)CCCCCCC)C(=O)NCCCCCCC. The van der Waals surface area contributed by atoms with Crippen molar-refractivity contribution in [1.82, 2.24) is 10.2 Å². The number of hydrogen-bond donors (Lipinski definition) is 1. The van der Waals surface area contributed by atoms with Gasteiger partial charge in [0.1, 0.15) is 0 Å². The first-order valence-electron chi connectivity index (χ1n) is 15.8. The van der Waals surface area contributed by atoms with Crippen LogP contribution < -0.4 is 5.32 Å². The maximum Gasteiger partial charge on any atom is 0.223 e. The summed E-state index contributed by atoms with van der Waals surface area (Å²) in [5.74, 6) is 0.0923. The van der Waals surface area contributed by atoms with Crippen LogP contribution in [0.25, 0.3) is 0 Å². The summed E-state index contributed by atoms with van der Waals surface area (Å²) in [7, 11) is 0. The summed E-state index contributed by atoms with van der Waals surface area (Å²) in [5.41, 5.74) is 0. The number of carbonyl (C=O) groups excluding carboxylic acids is 2. The van der Waals surface area contributed by atoms with E-state index >= 15 is 0 Å². The fourth-order valence-electron chi connectivity index (χ4n) is 4.74. The van der Waals surface area contributed by atoms with Crippen molar-refractivity contribution in [3.8, 4) is 0 Å². The van der Waals surface area contributed by atoms with E-state index in [1.165, 1.54) is 77.0 Å². The topological polar surface area (TPSA) is 49.4 Å². The lowest BCUT2D eigenvalue weighted by atomic mass is 9.95. The van der Waals surface area contributed by atoms with Gasteiger partial charge in [-0.05, 0) is 45.4 Å². The first-order chi connectivity index (χ1) is 17.6. The number of carbonyl (C=O) groups is 2. The summed E-state index contributed by atoms with van der Waals surface area (Å²) in [5, 5.41) is 3.17. The van der Waals surface area contributed by atoms with Gasteiger partial charge in [-0.1, -0.05) is 116 Å². The van der Waals surface area contributed by atoms with Crippen molar-refractivity contribution in [1.29, 1.82) is 0 Å². The van der Waals surface area contributed by atoms with Crippen LogP contribution in [0.2, 0.25) is 0 Å². The third-order valence-electron chi connectivity index (χ3n) is 7.20. The predicted molar refractivity (Wildman–Crippen MR) is 157 cm³/mol. The van der Waals surface area contributed by atoms with Crippen molar-refractivity contribution in [2.45, 2.75) is 156 Å². The Morgan fingerprint density at radius 3 is 1.75 bits per heavy atom. The molecule has 0 aromatic heterocycles. The molecule has 1 N–H and O–H groups in total. The standard InChI is InChI=1S/C32H62N2O2/c1-5-9-13-17-21-25-30(32(36)33-26-22-18-14-10-6-2)29-31(35)34(27-23-19-15-11-7-3)28-24-20-16-12-8-4/h5,9,30H,6-8,10-29H2,1-4H3,(H,33,36)/b9-5+. The molecule has 0 saturated heterocycles. The van der Waals surface area contributed by atoms with Crippen molar-refractivity contribution < 1.29 is 9.59 Å². The first kappa shape index (κ1) is 34.7. The van der Waals surface area contributed by atoms with Gasteiger partial charge in [0, 0.05) is 32.0 Å². The van der Waals surface area contributed by atoms with Gasteiger partial charge >= 0.3 is 0 Å². The number of rotatable bonds is 26. The summed E-state index contributed by atoms with van der Waals surface area (Å²) >= 11 is 0. The molecule has 0 aliphatic rings. The van der Waals surface area contributed by atoms with Gasteiger partial charge in [0.2, 0.25) is 11.8 Å². The van der Waals surface area contributed by atoms with E-state index in [2.05, 4.69) is 50.1 Å². The highest BCUT2D eigenvalue weighted by Gasteiger charge is 2.24. The maximum absolute atomic E-state index is 13.4. The summed E-state index contributed by atoms with van der Waals surface area (Å²) in [6, 6.07) is 0. The fourth-order valence-corrected chi connectivity index (χ4v) is 4.74. The van der Waals surface area contributed by atoms with Gasteiger partial charge in [0.15, 0.2) is 0 Å². The van der Waals surface area contributed by atoms with Crippen LogP contribution in [0.3, 0.4) is 0 Å². The zero-order chi connectivity index (χ0) is 26.7. The lowest BCUT2D eigenvalue weighted by Crippen LogP contribution is -2.38. The van der Waals surface area contributed by atoms with E-state index in [9.17, 15) is 9.59 Å². The van der Waals surface area contributed by atoms with E-state index in [0.29, 0.717) is 6.42 Å². The molecule has 1 unspecified atom stereocenters. The van der Waals surface area contributed by atoms with E-state index in [0.717, 1.165) is 64.6 Å². The summed E-state index contributed by atoms with van der Waals surface area (Å²) in [6.07, 6.45) is 26.6. The minimum Gasteiger partial charge on any atom is -0.356 e. The van der Waals surface area contributed by atoms with Crippen molar-refractivity contribution in [3.63, 3.8) is 0 Å². The van der Waals surface area contributed by atoms with Gasteiger partial charge < -0.3 is 10.2 Å². The van der Waals surface area contributed by atoms with Crippen LogP contribution in [-0.4, -0.2) is 36.3 Å². The second-order valence-electron chi connectivity index (χ2n) is 10.7. The molecule has 0 fully saturated rings. The van der Waals surface area contributed by atoms with Crippen LogP contribution in [0.5, 0.6) is 0 Å². The Balaban J connectivity index is 4.91. The molecule has 36 heavy (non-hydrogen) atoms. The van der Waals surface area contributed by atoms with Gasteiger partial charge in [-0.25, -0.2) is 0 Å². The molecular formula is C32H62N2O2. The van der Waals surface area contributed by atoms with Gasteiger partial charge in [-0.3, -0.25) is 9.59 Å². The van der Waals surface area contributed by atoms with Crippen LogP contribution in [0, 0.1) is 5.92 Å². The minimum atomic E-state index is -0.193. The Labute approximate surface area is 225 Å². The monoisotopic (exact) mass is 506 g/mol. The van der Waals surface area contributed by atoms with Crippen molar-refractivity contribution in [2.24, 2.45) is 5.92 Å². The molecule has 0 bridgehead atoms. The zero-order valence-corrected chi connectivity index (χ0v) is 24.8. The molecule has 0 heterocycles. The van der Waals surface area contributed by atoms with Gasteiger partial charge in [-0.15, -0.1) is 0 Å². The molecule has 0 aliphatic carbocycles. The third kappa shape index (κ3) is 20.8. The molecule has 0 spiro atoms. The molecule has 1 atom stereocenters. The van der Waals surface area contributed by atoms with Crippen LogP contribution >= 0.6 is 0 Å². The Hall–Kier alpha value is -1.32. The number of nitrogens with zero attached hydrogens (tertiary/aromatic N) is 1. The minimum absolute atomic E-state index is 0.0933. The predicted octanol–water partition coefficient (Wildman–Crippen LogP) is 8.99. The molecule has 0 rings (SSSR count). The van der Waals surface area contributed by atoms with E-state index < -0.39 is 0 Å². The highest BCUT2D eigenvalue weighted by molar-refractivity contribution is 5.85. The smallest absolute Gasteiger partial charge is 0.223 e. The van der Waals surface area contributed by atoms with Crippen LogP contribution in [-0.2, 0) is 9.59 Å². The molecule has 0 aliphatic heterocycles. The zero-order valence-electron chi connectivity index (χ0n) is 24.8. The Bertz CT molecular complexity index is 518. The number of allylic oxidation sites excluding steroid dienone is 2. The van der Waals surface area contributed by atoms with Gasteiger partial charge in [-0.2, -0.15) is 0 Å². The first-order valence-corrected chi connectivity index (χ1v) is 15.8. The molecule has 0 saturated carbocycles. The highest BCUT2D eigenvalue weighted by atomic mass is 16.2. The average molecular weight is 507 g/mol. The number of unbranched alkanes of at least 4 members (excludes halogenated alkanes) is 14.